The molecule has 1 heterocycles. The number of carbonyl (C=O) groups excluding carboxylic acids is 1. The highest BCUT2D eigenvalue weighted by atomic mass is 32.2. The zero-order valence-electron chi connectivity index (χ0n) is 19.2. The van der Waals surface area contributed by atoms with Crippen LogP contribution in [0.1, 0.15) is 16.7 Å². The number of amides is 1. The molecule has 1 aliphatic rings. The maximum absolute atomic E-state index is 13.3. The van der Waals surface area contributed by atoms with Crippen LogP contribution in [0.3, 0.4) is 0 Å². The van der Waals surface area contributed by atoms with Gasteiger partial charge in [0, 0.05) is 5.56 Å². The third kappa shape index (κ3) is 5.26. The first-order valence-corrected chi connectivity index (χ1v) is 12.0. The number of aryl methyl sites for hydroxylation is 1. The molecule has 174 valence electrons. The average Bonchev–Trinajstić information content (AvgIpc) is 3.12. The Bertz CT molecular complexity index is 1240. The number of nitrogens with zero attached hydrogens (tertiary/aromatic N) is 1. The molecule has 3 aromatic rings. The quantitative estimate of drug-likeness (QED) is 0.213. The summed E-state index contributed by atoms with van der Waals surface area (Å²) in [6.45, 7) is 4.77. The van der Waals surface area contributed by atoms with Gasteiger partial charge in [0.25, 0.3) is 5.91 Å². The van der Waals surface area contributed by atoms with E-state index >= 15 is 0 Å². The minimum absolute atomic E-state index is 0.148. The summed E-state index contributed by atoms with van der Waals surface area (Å²) in [7, 11) is 1.60. The van der Waals surface area contributed by atoms with Crippen LogP contribution in [0.2, 0.25) is 0 Å². The average molecular weight is 492 g/mol. The van der Waals surface area contributed by atoms with Crippen molar-refractivity contribution in [3.8, 4) is 17.2 Å². The summed E-state index contributed by atoms with van der Waals surface area (Å²) in [6.07, 6.45) is 1.81. The number of hydrogen-bond donors (Lipinski definition) is 0. The Morgan fingerprint density at radius 1 is 0.941 bits per heavy atom. The van der Waals surface area contributed by atoms with Crippen molar-refractivity contribution in [3.05, 3.63) is 88.3 Å². The summed E-state index contributed by atoms with van der Waals surface area (Å²) in [6, 6.07) is 21.0. The number of anilines is 1. The van der Waals surface area contributed by atoms with Crippen molar-refractivity contribution in [2.24, 2.45) is 0 Å². The number of carbonyl (C=O) groups is 1. The first-order chi connectivity index (χ1) is 16.5. The Hall–Kier alpha value is -3.29. The van der Waals surface area contributed by atoms with E-state index in [-0.39, 0.29) is 5.91 Å². The molecule has 4 rings (SSSR count). The van der Waals surface area contributed by atoms with Crippen molar-refractivity contribution in [1.82, 2.24) is 0 Å². The smallest absolute Gasteiger partial charge is 0.270 e. The molecule has 0 spiro atoms. The number of thiocarbonyl (C=S) groups is 1. The Balaban J connectivity index is 1.54. The number of thioether (sulfide) groups is 1. The third-order valence-corrected chi connectivity index (χ3v) is 6.77. The summed E-state index contributed by atoms with van der Waals surface area (Å²) >= 11 is 6.85. The molecule has 0 atom stereocenters. The van der Waals surface area contributed by atoms with Gasteiger partial charge in [0.05, 0.1) is 17.7 Å². The highest BCUT2D eigenvalue weighted by molar-refractivity contribution is 8.27. The zero-order chi connectivity index (χ0) is 24.1. The lowest BCUT2D eigenvalue weighted by Gasteiger charge is -2.18. The number of ether oxygens (including phenoxy) is 3. The Labute approximate surface area is 209 Å². The largest absolute Gasteiger partial charge is 0.497 e. The minimum atomic E-state index is -0.148. The molecule has 34 heavy (non-hydrogen) atoms. The van der Waals surface area contributed by atoms with Crippen molar-refractivity contribution in [3.63, 3.8) is 0 Å². The molecule has 7 heteroatoms. The van der Waals surface area contributed by atoms with Crippen molar-refractivity contribution < 1.29 is 19.0 Å². The van der Waals surface area contributed by atoms with Gasteiger partial charge in [0.1, 0.15) is 30.5 Å². The summed E-state index contributed by atoms with van der Waals surface area (Å²) in [4.78, 5) is 15.5. The monoisotopic (exact) mass is 491 g/mol. The fourth-order valence-corrected chi connectivity index (χ4v) is 4.80. The third-order valence-electron chi connectivity index (χ3n) is 5.47. The lowest BCUT2D eigenvalue weighted by molar-refractivity contribution is -0.113. The molecule has 1 fully saturated rings. The SMILES string of the molecule is COc1ccc(OCCOc2ccccc2)c(/C=C2\SC(=S)N(c3cccc(C)c3C)C2=O)c1. The second-order valence-electron chi connectivity index (χ2n) is 7.65. The van der Waals surface area contributed by atoms with Crippen molar-refractivity contribution in [2.75, 3.05) is 25.2 Å². The van der Waals surface area contributed by atoms with Crippen molar-refractivity contribution >= 4 is 46.0 Å². The lowest BCUT2D eigenvalue weighted by atomic mass is 10.1. The summed E-state index contributed by atoms with van der Waals surface area (Å²) in [5.74, 6) is 1.94. The van der Waals surface area contributed by atoms with Crippen LogP contribution in [0, 0.1) is 13.8 Å². The zero-order valence-corrected chi connectivity index (χ0v) is 20.9. The van der Waals surface area contributed by atoms with Gasteiger partial charge in [-0.05, 0) is 67.4 Å². The van der Waals surface area contributed by atoms with Gasteiger partial charge in [-0.2, -0.15) is 0 Å². The van der Waals surface area contributed by atoms with Crippen molar-refractivity contribution in [2.45, 2.75) is 13.8 Å². The van der Waals surface area contributed by atoms with E-state index in [2.05, 4.69) is 0 Å². The predicted octanol–water partition coefficient (Wildman–Crippen LogP) is 6.18. The Morgan fingerprint density at radius 3 is 2.47 bits per heavy atom. The maximum atomic E-state index is 13.3. The van der Waals surface area contributed by atoms with Gasteiger partial charge in [-0.1, -0.05) is 54.3 Å². The molecule has 3 aromatic carbocycles. The number of benzene rings is 3. The molecule has 1 saturated heterocycles. The van der Waals surface area contributed by atoms with Gasteiger partial charge < -0.3 is 14.2 Å². The van der Waals surface area contributed by atoms with E-state index in [4.69, 9.17) is 26.4 Å². The summed E-state index contributed by atoms with van der Waals surface area (Å²) in [5, 5.41) is 0. The molecule has 1 amide bonds. The van der Waals surface area contributed by atoms with E-state index in [0.717, 1.165) is 28.1 Å². The molecular formula is C27H25NO4S2. The molecule has 0 N–H and O–H groups in total. The molecule has 0 radical (unpaired) electrons. The number of methoxy groups -OCH3 is 1. The van der Waals surface area contributed by atoms with Gasteiger partial charge in [-0.3, -0.25) is 9.69 Å². The number of rotatable bonds is 8. The molecule has 0 aromatic heterocycles. The van der Waals surface area contributed by atoms with Crippen LogP contribution >= 0.6 is 24.0 Å². The summed E-state index contributed by atoms with van der Waals surface area (Å²) in [5.41, 5.74) is 3.69. The molecular weight excluding hydrogens is 466 g/mol. The molecule has 5 nitrogen and oxygen atoms in total. The number of para-hydroxylation sites is 1. The second kappa shape index (κ2) is 10.8. The van der Waals surface area contributed by atoms with E-state index in [9.17, 15) is 4.79 Å². The van der Waals surface area contributed by atoms with Crippen LogP contribution in [0.15, 0.2) is 71.6 Å². The first kappa shape index (κ1) is 23.9. The lowest BCUT2D eigenvalue weighted by Crippen LogP contribution is -2.28. The van der Waals surface area contributed by atoms with Crippen LogP contribution in [-0.4, -0.2) is 30.6 Å². The predicted molar refractivity (Wildman–Crippen MR) is 142 cm³/mol. The standard InChI is InChI=1S/C27H25NO4S2/c1-18-8-7-11-23(19(18)2)28-26(29)25(34-27(28)33)17-20-16-22(30-3)12-13-24(20)32-15-14-31-21-9-5-4-6-10-21/h4-13,16-17H,14-15H2,1-3H3/b25-17-. The van der Waals surface area contributed by atoms with Crippen LogP contribution in [0.4, 0.5) is 5.69 Å². The Kier molecular flexibility index (Phi) is 7.55. The van der Waals surface area contributed by atoms with E-state index in [1.54, 1.807) is 18.1 Å². The van der Waals surface area contributed by atoms with Gasteiger partial charge in [0.15, 0.2) is 4.32 Å². The molecule has 0 aliphatic carbocycles. The van der Waals surface area contributed by atoms with Gasteiger partial charge in [-0.15, -0.1) is 0 Å². The fraction of sp³-hybridized carbons (Fsp3) is 0.185. The van der Waals surface area contributed by atoms with Gasteiger partial charge in [-0.25, -0.2) is 0 Å². The van der Waals surface area contributed by atoms with Crippen LogP contribution in [-0.2, 0) is 4.79 Å². The van der Waals surface area contributed by atoms with E-state index < -0.39 is 0 Å². The maximum Gasteiger partial charge on any atom is 0.270 e. The van der Waals surface area contributed by atoms with Crippen LogP contribution in [0.5, 0.6) is 17.2 Å². The van der Waals surface area contributed by atoms with Gasteiger partial charge >= 0.3 is 0 Å². The van der Waals surface area contributed by atoms with E-state index in [1.165, 1.54) is 11.8 Å². The molecule has 1 aliphatic heterocycles. The first-order valence-electron chi connectivity index (χ1n) is 10.8. The normalized spacial score (nSPS) is 14.6. The highest BCUT2D eigenvalue weighted by Gasteiger charge is 2.34. The molecule has 0 bridgehead atoms. The molecule has 0 unspecified atom stereocenters. The van der Waals surface area contributed by atoms with Crippen LogP contribution in [0.25, 0.3) is 6.08 Å². The van der Waals surface area contributed by atoms with Crippen molar-refractivity contribution in [1.29, 1.82) is 0 Å². The second-order valence-corrected chi connectivity index (χ2v) is 9.33. The van der Waals surface area contributed by atoms with E-state index in [1.807, 2.05) is 80.6 Å². The van der Waals surface area contributed by atoms with E-state index in [0.29, 0.717) is 33.9 Å². The fourth-order valence-electron chi connectivity index (χ4n) is 3.52. The minimum Gasteiger partial charge on any atom is -0.497 e. The highest BCUT2D eigenvalue weighted by Crippen LogP contribution is 2.39. The van der Waals surface area contributed by atoms with Gasteiger partial charge in [0.2, 0.25) is 0 Å². The summed E-state index contributed by atoms with van der Waals surface area (Å²) < 4.78 is 17.6. The van der Waals surface area contributed by atoms with Crippen LogP contribution < -0.4 is 19.1 Å². The number of hydrogen-bond acceptors (Lipinski definition) is 6. The topological polar surface area (TPSA) is 48.0 Å². The Morgan fingerprint density at radius 2 is 1.71 bits per heavy atom. The molecule has 0 saturated carbocycles.